The normalized spacial score (nSPS) is 11.1. The number of rotatable bonds is 5. The third-order valence-electron chi connectivity index (χ3n) is 2.66. The smallest absolute Gasteiger partial charge is 0.255 e. The summed E-state index contributed by atoms with van der Waals surface area (Å²) in [5.41, 5.74) is 0. The molecule has 1 heterocycles. The number of nitrogens with zero attached hydrogens (tertiary/aromatic N) is 2. The molecule has 0 bridgehead atoms. The number of pyridine rings is 1. The summed E-state index contributed by atoms with van der Waals surface area (Å²) in [7, 11) is 0. The van der Waals surface area contributed by atoms with Crippen molar-refractivity contribution in [1.29, 1.82) is 0 Å². The molecule has 0 spiro atoms. The zero-order valence-corrected chi connectivity index (χ0v) is 11.3. The molecule has 0 saturated carbocycles. The van der Waals surface area contributed by atoms with Crippen LogP contribution >= 0.6 is 15.9 Å². The second-order valence-corrected chi connectivity index (χ2v) is 4.67. The number of aromatic nitrogens is 1. The largest absolute Gasteiger partial charge is 0.350 e. The molecule has 0 unspecified atom stereocenters. The lowest BCUT2D eigenvalue weighted by Crippen LogP contribution is -2.31. The van der Waals surface area contributed by atoms with Crippen molar-refractivity contribution in [2.75, 3.05) is 23.3 Å². The van der Waals surface area contributed by atoms with E-state index in [4.69, 9.17) is 0 Å². The zero-order chi connectivity index (χ0) is 13.0. The molecule has 5 heteroatoms. The molecule has 0 saturated heterocycles. The average Bonchev–Trinajstić information content (AvgIpc) is 2.37. The van der Waals surface area contributed by atoms with Gasteiger partial charge < -0.3 is 4.90 Å². The summed E-state index contributed by atoms with van der Waals surface area (Å²) >= 11 is 3.29. The van der Waals surface area contributed by atoms with Gasteiger partial charge in [-0.3, -0.25) is 0 Å². The first-order valence-electron chi connectivity index (χ1n) is 5.65. The molecular weight excluding hydrogens is 302 g/mol. The molecule has 2 aromatic rings. The van der Waals surface area contributed by atoms with Gasteiger partial charge in [0.15, 0.2) is 0 Å². The molecule has 0 N–H and O–H groups in total. The van der Waals surface area contributed by atoms with E-state index in [1.807, 2.05) is 30.3 Å². The van der Waals surface area contributed by atoms with E-state index in [1.54, 1.807) is 11.1 Å². The van der Waals surface area contributed by atoms with Gasteiger partial charge in [0.05, 0.1) is 6.54 Å². The van der Waals surface area contributed by atoms with Crippen molar-refractivity contribution in [1.82, 2.24) is 4.98 Å². The third-order valence-corrected chi connectivity index (χ3v) is 3.02. The van der Waals surface area contributed by atoms with Crippen molar-refractivity contribution >= 4 is 32.5 Å². The SMILES string of the molecule is FC(F)CN(CCBr)c1nccc2ccccc12. The Hall–Kier alpha value is -1.23. The number of fused-ring (bicyclic) bond motifs is 1. The Morgan fingerprint density at radius 3 is 2.72 bits per heavy atom. The van der Waals surface area contributed by atoms with Crippen molar-refractivity contribution in [3.05, 3.63) is 36.5 Å². The fourth-order valence-electron chi connectivity index (χ4n) is 1.91. The molecule has 96 valence electrons. The van der Waals surface area contributed by atoms with Gasteiger partial charge in [-0.1, -0.05) is 40.2 Å². The molecule has 0 aliphatic carbocycles. The predicted octanol–water partition coefficient (Wildman–Crippen LogP) is 3.70. The molecule has 0 atom stereocenters. The number of hydrogen-bond acceptors (Lipinski definition) is 2. The Balaban J connectivity index is 2.43. The minimum atomic E-state index is -2.37. The second-order valence-electron chi connectivity index (χ2n) is 3.88. The van der Waals surface area contributed by atoms with Crippen molar-refractivity contribution in [3.8, 4) is 0 Å². The van der Waals surface area contributed by atoms with E-state index < -0.39 is 6.43 Å². The van der Waals surface area contributed by atoms with Gasteiger partial charge >= 0.3 is 0 Å². The predicted molar refractivity (Wildman–Crippen MR) is 73.8 cm³/mol. The van der Waals surface area contributed by atoms with E-state index in [9.17, 15) is 8.78 Å². The highest BCUT2D eigenvalue weighted by Crippen LogP contribution is 2.24. The molecular formula is C13H13BrF2N2. The topological polar surface area (TPSA) is 16.1 Å². The van der Waals surface area contributed by atoms with E-state index in [1.165, 1.54) is 0 Å². The number of benzene rings is 1. The fourth-order valence-corrected chi connectivity index (χ4v) is 2.34. The van der Waals surface area contributed by atoms with Crippen molar-refractivity contribution in [2.45, 2.75) is 6.43 Å². The third kappa shape index (κ3) is 2.96. The van der Waals surface area contributed by atoms with Crippen LogP contribution in [0.3, 0.4) is 0 Å². The lowest BCUT2D eigenvalue weighted by Gasteiger charge is -2.23. The van der Waals surface area contributed by atoms with Crippen LogP contribution in [0.5, 0.6) is 0 Å². The molecule has 0 aliphatic rings. The zero-order valence-electron chi connectivity index (χ0n) is 9.69. The molecule has 0 radical (unpaired) electrons. The summed E-state index contributed by atoms with van der Waals surface area (Å²) in [6, 6.07) is 9.56. The molecule has 2 rings (SSSR count). The molecule has 1 aromatic heterocycles. The van der Waals surface area contributed by atoms with Crippen LogP contribution < -0.4 is 4.90 Å². The fraction of sp³-hybridized carbons (Fsp3) is 0.308. The van der Waals surface area contributed by atoms with Crippen LogP contribution in [0.2, 0.25) is 0 Å². The van der Waals surface area contributed by atoms with E-state index in [2.05, 4.69) is 20.9 Å². The van der Waals surface area contributed by atoms with E-state index in [0.29, 0.717) is 17.7 Å². The highest BCUT2D eigenvalue weighted by molar-refractivity contribution is 9.09. The van der Waals surface area contributed by atoms with Gasteiger partial charge in [-0.05, 0) is 11.5 Å². The molecule has 1 aromatic carbocycles. The first-order chi connectivity index (χ1) is 8.72. The Morgan fingerprint density at radius 1 is 1.22 bits per heavy atom. The average molecular weight is 315 g/mol. The van der Waals surface area contributed by atoms with Gasteiger partial charge in [0.2, 0.25) is 0 Å². The van der Waals surface area contributed by atoms with E-state index in [-0.39, 0.29) is 6.54 Å². The van der Waals surface area contributed by atoms with Crippen LogP contribution in [0.25, 0.3) is 10.8 Å². The van der Waals surface area contributed by atoms with Crippen molar-refractivity contribution in [2.24, 2.45) is 0 Å². The number of alkyl halides is 3. The van der Waals surface area contributed by atoms with Gasteiger partial charge in [0.1, 0.15) is 5.82 Å². The van der Waals surface area contributed by atoms with Gasteiger partial charge in [-0.25, -0.2) is 13.8 Å². The van der Waals surface area contributed by atoms with Crippen molar-refractivity contribution < 1.29 is 8.78 Å². The quantitative estimate of drug-likeness (QED) is 0.782. The minimum absolute atomic E-state index is 0.299. The lowest BCUT2D eigenvalue weighted by atomic mass is 10.1. The van der Waals surface area contributed by atoms with Gasteiger partial charge in [-0.15, -0.1) is 0 Å². The molecule has 2 nitrogen and oxygen atoms in total. The standard InChI is InChI=1S/C13H13BrF2N2/c14-6-8-18(9-12(15)16)13-11-4-2-1-3-10(11)5-7-17-13/h1-5,7,12H,6,8-9H2. The Kier molecular flexibility index (Phi) is 4.47. The Morgan fingerprint density at radius 2 is 2.00 bits per heavy atom. The van der Waals surface area contributed by atoms with Crippen LogP contribution in [0, 0.1) is 0 Å². The van der Waals surface area contributed by atoms with E-state index >= 15 is 0 Å². The van der Waals surface area contributed by atoms with Gasteiger partial charge in [0, 0.05) is 23.5 Å². The van der Waals surface area contributed by atoms with Gasteiger partial charge in [-0.2, -0.15) is 0 Å². The first kappa shape index (κ1) is 13.2. The number of anilines is 1. The summed E-state index contributed by atoms with van der Waals surface area (Å²) in [5, 5.41) is 2.54. The van der Waals surface area contributed by atoms with Crippen LogP contribution in [-0.2, 0) is 0 Å². The highest BCUT2D eigenvalue weighted by atomic mass is 79.9. The number of hydrogen-bond donors (Lipinski definition) is 0. The van der Waals surface area contributed by atoms with Crippen molar-refractivity contribution in [3.63, 3.8) is 0 Å². The Bertz CT molecular complexity index is 514. The molecule has 0 aliphatic heterocycles. The summed E-state index contributed by atoms with van der Waals surface area (Å²) in [6.07, 6.45) is -0.713. The van der Waals surface area contributed by atoms with Crippen LogP contribution in [0.4, 0.5) is 14.6 Å². The van der Waals surface area contributed by atoms with E-state index in [0.717, 1.165) is 10.8 Å². The second kappa shape index (κ2) is 6.09. The van der Waals surface area contributed by atoms with Crippen LogP contribution in [-0.4, -0.2) is 29.8 Å². The first-order valence-corrected chi connectivity index (χ1v) is 6.77. The highest BCUT2D eigenvalue weighted by Gasteiger charge is 2.15. The summed E-state index contributed by atoms with van der Waals surface area (Å²) in [6.45, 7) is 0.206. The Labute approximate surface area is 113 Å². The molecule has 0 fully saturated rings. The minimum Gasteiger partial charge on any atom is -0.350 e. The molecule has 0 amide bonds. The summed E-state index contributed by atoms with van der Waals surface area (Å²) in [4.78, 5) is 5.86. The maximum absolute atomic E-state index is 12.6. The maximum Gasteiger partial charge on any atom is 0.255 e. The lowest BCUT2D eigenvalue weighted by molar-refractivity contribution is 0.155. The van der Waals surface area contributed by atoms with Gasteiger partial charge in [0.25, 0.3) is 6.43 Å². The number of halogens is 3. The monoisotopic (exact) mass is 314 g/mol. The van der Waals surface area contributed by atoms with Crippen LogP contribution in [0.15, 0.2) is 36.5 Å². The molecule has 18 heavy (non-hydrogen) atoms. The maximum atomic E-state index is 12.6. The summed E-state index contributed by atoms with van der Waals surface area (Å²) in [5.74, 6) is 0.618. The summed E-state index contributed by atoms with van der Waals surface area (Å²) < 4.78 is 25.2. The van der Waals surface area contributed by atoms with Crippen LogP contribution in [0.1, 0.15) is 0 Å².